The number of anilines is 3. The van der Waals surface area contributed by atoms with Crippen LogP contribution in [-0.4, -0.2) is 9.97 Å². The molecule has 1 aromatic heterocycles. The van der Waals surface area contributed by atoms with Crippen LogP contribution < -0.4 is 4.90 Å². The van der Waals surface area contributed by atoms with E-state index in [0.717, 1.165) is 38.5 Å². The van der Waals surface area contributed by atoms with E-state index in [-0.39, 0.29) is 5.41 Å². The molecule has 0 N–H and O–H groups in total. The fourth-order valence-electron chi connectivity index (χ4n) is 6.42. The summed E-state index contributed by atoms with van der Waals surface area (Å²) >= 11 is 0. The van der Waals surface area contributed by atoms with Gasteiger partial charge in [-0.05, 0) is 52.2 Å². The first kappa shape index (κ1) is 21.3. The molecule has 38 heavy (non-hydrogen) atoms. The Morgan fingerprint density at radius 3 is 1.66 bits per heavy atom. The first-order valence-electron chi connectivity index (χ1n) is 13.1. The molecule has 0 saturated heterocycles. The monoisotopic (exact) mass is 487 g/mol. The number of hydrogen-bond acceptors (Lipinski definition) is 3. The summed E-state index contributed by atoms with van der Waals surface area (Å²) in [5.41, 5.74) is 9.76. The van der Waals surface area contributed by atoms with Gasteiger partial charge in [-0.1, -0.05) is 98.8 Å². The number of para-hydroxylation sites is 4. The lowest BCUT2D eigenvalue weighted by Gasteiger charge is -2.42. The van der Waals surface area contributed by atoms with Gasteiger partial charge in [-0.3, -0.25) is 0 Å². The van der Waals surface area contributed by atoms with Crippen LogP contribution in [0.5, 0.6) is 0 Å². The maximum Gasteiger partial charge on any atom is 0.100 e. The summed E-state index contributed by atoms with van der Waals surface area (Å²) in [4.78, 5) is 12.9. The Hall–Kier alpha value is -4.76. The number of nitrogens with zero attached hydrogens (tertiary/aromatic N) is 3. The zero-order chi connectivity index (χ0) is 25.4. The smallest absolute Gasteiger partial charge is 0.100 e. The summed E-state index contributed by atoms with van der Waals surface area (Å²) in [6.07, 6.45) is 0. The molecule has 0 bridgehead atoms. The SMILES string of the molecule is CC1(C)c2ccccc2N(c2cccc3c4ccccc4c4nc5ccccc5nc4c23)c2ccccc21. The van der Waals surface area contributed by atoms with E-state index in [0.29, 0.717) is 0 Å². The van der Waals surface area contributed by atoms with E-state index in [1.165, 1.54) is 33.3 Å². The molecule has 0 spiro atoms. The maximum absolute atomic E-state index is 5.26. The summed E-state index contributed by atoms with van der Waals surface area (Å²) in [6, 6.07) is 41.0. The molecule has 1 aliphatic heterocycles. The van der Waals surface area contributed by atoms with E-state index in [4.69, 9.17) is 9.97 Å². The minimum absolute atomic E-state index is 0.112. The Labute approximate surface area is 221 Å². The van der Waals surface area contributed by atoms with E-state index < -0.39 is 0 Å². The molecule has 180 valence electrons. The van der Waals surface area contributed by atoms with E-state index in [1.807, 2.05) is 18.2 Å². The van der Waals surface area contributed by atoms with Gasteiger partial charge in [-0.2, -0.15) is 0 Å². The Morgan fingerprint density at radius 1 is 0.474 bits per heavy atom. The molecule has 7 aromatic rings. The second kappa shape index (κ2) is 7.62. The summed E-state index contributed by atoms with van der Waals surface area (Å²) in [5.74, 6) is 0. The lowest BCUT2D eigenvalue weighted by Crippen LogP contribution is -2.30. The molecule has 0 unspecified atom stereocenters. The van der Waals surface area contributed by atoms with Crippen LogP contribution in [0.4, 0.5) is 17.1 Å². The maximum atomic E-state index is 5.26. The highest BCUT2D eigenvalue weighted by Gasteiger charge is 2.37. The van der Waals surface area contributed by atoms with Crippen molar-refractivity contribution < 1.29 is 0 Å². The lowest BCUT2D eigenvalue weighted by molar-refractivity contribution is 0.632. The van der Waals surface area contributed by atoms with Crippen molar-refractivity contribution in [2.24, 2.45) is 0 Å². The number of benzene rings is 6. The van der Waals surface area contributed by atoms with E-state index in [1.54, 1.807) is 0 Å². The zero-order valence-electron chi connectivity index (χ0n) is 21.3. The van der Waals surface area contributed by atoms with Gasteiger partial charge in [-0.15, -0.1) is 0 Å². The second-order valence-electron chi connectivity index (χ2n) is 10.6. The van der Waals surface area contributed by atoms with Gasteiger partial charge in [0, 0.05) is 16.2 Å². The number of aromatic nitrogens is 2. The quantitative estimate of drug-likeness (QED) is 0.171. The Bertz CT molecular complexity index is 2020. The fraction of sp³-hybridized carbons (Fsp3) is 0.0857. The highest BCUT2D eigenvalue weighted by molar-refractivity contribution is 6.27. The molecule has 0 fully saturated rings. The van der Waals surface area contributed by atoms with Crippen LogP contribution in [0.2, 0.25) is 0 Å². The van der Waals surface area contributed by atoms with Crippen molar-refractivity contribution in [1.82, 2.24) is 9.97 Å². The van der Waals surface area contributed by atoms with Crippen molar-refractivity contribution in [1.29, 1.82) is 0 Å². The van der Waals surface area contributed by atoms with Crippen LogP contribution in [0.3, 0.4) is 0 Å². The first-order chi connectivity index (χ1) is 18.6. The van der Waals surface area contributed by atoms with Crippen molar-refractivity contribution in [3.63, 3.8) is 0 Å². The molecule has 0 atom stereocenters. The predicted molar refractivity (Wildman–Crippen MR) is 159 cm³/mol. The van der Waals surface area contributed by atoms with Gasteiger partial charge >= 0.3 is 0 Å². The zero-order valence-corrected chi connectivity index (χ0v) is 21.3. The molecule has 0 saturated carbocycles. The van der Waals surface area contributed by atoms with Crippen LogP contribution in [0.25, 0.3) is 43.6 Å². The molecule has 6 aromatic carbocycles. The Kier molecular flexibility index (Phi) is 4.28. The van der Waals surface area contributed by atoms with Gasteiger partial charge in [0.05, 0.1) is 33.6 Å². The third-order valence-corrected chi connectivity index (χ3v) is 8.20. The van der Waals surface area contributed by atoms with Gasteiger partial charge in [-0.25, -0.2) is 9.97 Å². The van der Waals surface area contributed by atoms with Crippen LogP contribution in [0.15, 0.2) is 115 Å². The summed E-state index contributed by atoms with van der Waals surface area (Å²) in [5, 5.41) is 4.64. The van der Waals surface area contributed by atoms with Gasteiger partial charge in [0.2, 0.25) is 0 Å². The predicted octanol–water partition coefficient (Wildman–Crippen LogP) is 9.20. The normalized spacial score (nSPS) is 14.2. The first-order valence-corrected chi connectivity index (χ1v) is 13.1. The number of hydrogen-bond donors (Lipinski definition) is 0. The summed E-state index contributed by atoms with van der Waals surface area (Å²) in [7, 11) is 0. The molecular formula is C35H25N3. The summed E-state index contributed by atoms with van der Waals surface area (Å²) < 4.78 is 0. The second-order valence-corrected chi connectivity index (χ2v) is 10.6. The van der Waals surface area contributed by atoms with Gasteiger partial charge < -0.3 is 4.90 Å². The standard InChI is InChI=1S/C35H25N3/c1-35(2)25-15-5-9-19-29(25)38(30-20-10-6-16-26(30)35)31-21-11-14-23-22-12-3-4-13-24(22)33-34(32(23)31)37-28-18-8-7-17-27(28)36-33/h3-21H,1-2H3. The average Bonchev–Trinajstić information content (AvgIpc) is 2.97. The lowest BCUT2D eigenvalue weighted by atomic mass is 9.73. The molecule has 0 amide bonds. The van der Waals surface area contributed by atoms with Crippen LogP contribution in [0, 0.1) is 0 Å². The van der Waals surface area contributed by atoms with Crippen molar-refractivity contribution in [2.75, 3.05) is 4.90 Å². The molecule has 8 rings (SSSR count). The minimum atomic E-state index is -0.112. The van der Waals surface area contributed by atoms with Gasteiger partial charge in [0.15, 0.2) is 0 Å². The van der Waals surface area contributed by atoms with Crippen molar-refractivity contribution >= 4 is 60.7 Å². The molecule has 0 aliphatic carbocycles. The number of rotatable bonds is 1. The summed E-state index contributed by atoms with van der Waals surface area (Å²) in [6.45, 7) is 4.65. The minimum Gasteiger partial charge on any atom is -0.309 e. The van der Waals surface area contributed by atoms with Crippen molar-refractivity contribution in [2.45, 2.75) is 19.3 Å². The van der Waals surface area contributed by atoms with Crippen molar-refractivity contribution in [3.05, 3.63) is 126 Å². The molecule has 1 aliphatic rings. The molecular weight excluding hydrogens is 462 g/mol. The molecule has 0 radical (unpaired) electrons. The average molecular weight is 488 g/mol. The Morgan fingerprint density at radius 2 is 0.974 bits per heavy atom. The Balaban J connectivity index is 1.58. The third-order valence-electron chi connectivity index (χ3n) is 8.20. The highest BCUT2D eigenvalue weighted by Crippen LogP contribution is 2.53. The van der Waals surface area contributed by atoms with Crippen LogP contribution in [-0.2, 0) is 5.41 Å². The topological polar surface area (TPSA) is 29.0 Å². The van der Waals surface area contributed by atoms with Gasteiger partial charge in [0.25, 0.3) is 0 Å². The van der Waals surface area contributed by atoms with Crippen LogP contribution in [0.1, 0.15) is 25.0 Å². The van der Waals surface area contributed by atoms with Crippen LogP contribution >= 0.6 is 0 Å². The van der Waals surface area contributed by atoms with E-state index >= 15 is 0 Å². The molecule has 3 heteroatoms. The molecule has 2 heterocycles. The fourth-order valence-corrected chi connectivity index (χ4v) is 6.42. The molecule has 3 nitrogen and oxygen atoms in total. The van der Waals surface area contributed by atoms with E-state index in [2.05, 4.69) is 116 Å². The number of fused-ring (bicyclic) bond motifs is 9. The third kappa shape index (κ3) is 2.79. The highest BCUT2D eigenvalue weighted by atomic mass is 15.2. The van der Waals surface area contributed by atoms with Gasteiger partial charge in [0.1, 0.15) is 5.52 Å². The van der Waals surface area contributed by atoms with Crippen molar-refractivity contribution in [3.8, 4) is 0 Å². The largest absolute Gasteiger partial charge is 0.309 e. The van der Waals surface area contributed by atoms with E-state index in [9.17, 15) is 0 Å².